The molecule has 4 rings (SSSR count). The molecule has 1 aliphatic heterocycles. The summed E-state index contributed by atoms with van der Waals surface area (Å²) < 4.78 is 5.64. The van der Waals surface area contributed by atoms with Gasteiger partial charge in [-0.2, -0.15) is 0 Å². The number of thiocarbonyl (C=S) groups is 1. The first-order chi connectivity index (χ1) is 19.9. The molecule has 1 aliphatic rings. The molecule has 0 aromatic heterocycles. The lowest BCUT2D eigenvalue weighted by Crippen LogP contribution is -2.57. The number of thioether (sulfide) groups is 1. The SMILES string of the molecule is COC(=O)CN(CC(=O)NCc1ccccc1)C(=O)[C@H](Cc1ccccc1)N1CSC(=S)N(Cc2ccccc2)C1. The highest BCUT2D eigenvalue weighted by atomic mass is 32.2. The van der Waals surface area contributed by atoms with Gasteiger partial charge >= 0.3 is 5.97 Å². The summed E-state index contributed by atoms with van der Waals surface area (Å²) in [6.45, 7) is 0.785. The summed E-state index contributed by atoms with van der Waals surface area (Å²) >= 11 is 7.17. The molecule has 1 fully saturated rings. The van der Waals surface area contributed by atoms with Crippen molar-refractivity contribution in [3.63, 3.8) is 0 Å². The zero-order chi connectivity index (χ0) is 29.0. The van der Waals surface area contributed by atoms with Gasteiger partial charge in [-0.05, 0) is 23.1 Å². The second-order valence-corrected chi connectivity index (χ2v) is 11.3. The Morgan fingerprint density at radius 1 is 0.902 bits per heavy atom. The second kappa shape index (κ2) is 15.3. The summed E-state index contributed by atoms with van der Waals surface area (Å²) in [6.07, 6.45) is 0.412. The lowest BCUT2D eigenvalue weighted by molar-refractivity contribution is -0.150. The number of benzene rings is 3. The van der Waals surface area contributed by atoms with Gasteiger partial charge in [0.05, 0.1) is 25.7 Å². The molecule has 0 radical (unpaired) electrons. The molecule has 0 spiro atoms. The first kappa shape index (κ1) is 30.2. The molecule has 8 nitrogen and oxygen atoms in total. The molecule has 0 unspecified atom stereocenters. The largest absolute Gasteiger partial charge is 0.468 e. The van der Waals surface area contributed by atoms with E-state index < -0.39 is 12.0 Å². The van der Waals surface area contributed by atoms with Crippen molar-refractivity contribution in [1.82, 2.24) is 20.0 Å². The Morgan fingerprint density at radius 3 is 2.10 bits per heavy atom. The van der Waals surface area contributed by atoms with Crippen LogP contribution in [0.3, 0.4) is 0 Å². The van der Waals surface area contributed by atoms with E-state index in [9.17, 15) is 14.4 Å². The number of nitrogens with one attached hydrogen (secondary N) is 1. The quantitative estimate of drug-likeness (QED) is 0.253. The maximum Gasteiger partial charge on any atom is 0.325 e. The standard InChI is InChI=1S/C31H34N4O4S2/c1-39-29(37)21-33(20-28(36)32-18-25-13-7-3-8-14-25)30(38)27(17-24-11-5-2-6-12-24)35-22-34(31(40)41-23-35)19-26-15-9-4-10-16-26/h2-16,27H,17-23H2,1H3,(H,32,36)/t27-/m0/s1. The van der Waals surface area contributed by atoms with Gasteiger partial charge in [-0.15, -0.1) is 0 Å². The van der Waals surface area contributed by atoms with Crippen LogP contribution in [0.2, 0.25) is 0 Å². The van der Waals surface area contributed by atoms with E-state index >= 15 is 0 Å². The van der Waals surface area contributed by atoms with Gasteiger partial charge in [-0.3, -0.25) is 19.3 Å². The van der Waals surface area contributed by atoms with Crippen LogP contribution in [0.25, 0.3) is 0 Å². The Kier molecular flexibility index (Phi) is 11.3. The topological polar surface area (TPSA) is 82.2 Å². The molecule has 214 valence electrons. The first-order valence-corrected chi connectivity index (χ1v) is 14.7. The molecule has 0 bridgehead atoms. The van der Waals surface area contributed by atoms with E-state index in [1.54, 1.807) is 0 Å². The molecule has 1 saturated heterocycles. The number of carbonyl (C=O) groups is 3. The Bertz CT molecular complexity index is 1310. The monoisotopic (exact) mass is 590 g/mol. The number of hydrogen-bond acceptors (Lipinski definition) is 7. The highest BCUT2D eigenvalue weighted by molar-refractivity contribution is 8.22. The fraction of sp³-hybridized carbons (Fsp3) is 0.290. The van der Waals surface area contributed by atoms with E-state index in [0.717, 1.165) is 21.0 Å². The number of carbonyl (C=O) groups excluding carboxylic acids is 3. The lowest BCUT2D eigenvalue weighted by Gasteiger charge is -2.41. The molecular weight excluding hydrogens is 556 g/mol. The molecule has 10 heteroatoms. The van der Waals surface area contributed by atoms with Gasteiger partial charge in [-0.25, -0.2) is 0 Å². The summed E-state index contributed by atoms with van der Waals surface area (Å²) in [4.78, 5) is 44.9. The molecule has 3 aromatic rings. The van der Waals surface area contributed by atoms with Crippen molar-refractivity contribution in [3.8, 4) is 0 Å². The van der Waals surface area contributed by atoms with Crippen LogP contribution in [0.5, 0.6) is 0 Å². The Morgan fingerprint density at radius 2 is 1.49 bits per heavy atom. The van der Waals surface area contributed by atoms with Gasteiger partial charge in [0.15, 0.2) is 0 Å². The van der Waals surface area contributed by atoms with E-state index in [4.69, 9.17) is 17.0 Å². The minimum Gasteiger partial charge on any atom is -0.468 e. The summed E-state index contributed by atoms with van der Waals surface area (Å²) in [5, 5.41) is 2.86. The number of ether oxygens (including phenoxy) is 1. The summed E-state index contributed by atoms with van der Waals surface area (Å²) in [5.41, 5.74) is 3.03. The Labute approximate surface area is 250 Å². The van der Waals surface area contributed by atoms with E-state index in [2.05, 4.69) is 15.1 Å². The van der Waals surface area contributed by atoms with E-state index in [1.165, 1.54) is 23.8 Å². The van der Waals surface area contributed by atoms with Crippen molar-refractivity contribution in [2.24, 2.45) is 0 Å². The van der Waals surface area contributed by atoms with Gasteiger partial charge in [0.25, 0.3) is 0 Å². The van der Waals surface area contributed by atoms with Gasteiger partial charge in [-0.1, -0.05) is 115 Å². The maximum absolute atomic E-state index is 14.2. The highest BCUT2D eigenvalue weighted by Gasteiger charge is 2.35. The van der Waals surface area contributed by atoms with Crippen molar-refractivity contribution >= 4 is 46.1 Å². The van der Waals surface area contributed by atoms with Gasteiger partial charge in [0.2, 0.25) is 11.8 Å². The normalized spacial score (nSPS) is 14.3. The first-order valence-electron chi connectivity index (χ1n) is 13.3. The zero-order valence-electron chi connectivity index (χ0n) is 23.0. The van der Waals surface area contributed by atoms with Crippen LogP contribution in [-0.4, -0.2) is 75.6 Å². The summed E-state index contributed by atoms with van der Waals surface area (Å²) in [5.74, 6) is -0.751. The van der Waals surface area contributed by atoms with Gasteiger partial charge in [0.1, 0.15) is 17.4 Å². The predicted molar refractivity (Wildman–Crippen MR) is 165 cm³/mol. The Hall–Kier alpha value is -3.73. The minimum atomic E-state index is -0.627. The van der Waals surface area contributed by atoms with Crippen LogP contribution in [0.15, 0.2) is 91.0 Å². The maximum atomic E-state index is 14.2. The number of amides is 2. The molecule has 3 aromatic carbocycles. The third-order valence-electron chi connectivity index (χ3n) is 6.70. The van der Waals surface area contributed by atoms with Crippen LogP contribution in [0.4, 0.5) is 0 Å². The lowest BCUT2D eigenvalue weighted by atomic mass is 10.0. The molecule has 0 saturated carbocycles. The number of nitrogens with zero attached hydrogens (tertiary/aromatic N) is 3. The minimum absolute atomic E-state index is 0.265. The van der Waals surface area contributed by atoms with Crippen molar-refractivity contribution in [1.29, 1.82) is 0 Å². The second-order valence-electron chi connectivity index (χ2n) is 9.69. The molecule has 41 heavy (non-hydrogen) atoms. The highest BCUT2D eigenvalue weighted by Crippen LogP contribution is 2.25. The van der Waals surface area contributed by atoms with Crippen molar-refractivity contribution in [2.45, 2.75) is 25.6 Å². The summed E-state index contributed by atoms with van der Waals surface area (Å²) in [6, 6.07) is 28.7. The molecular formula is C31H34N4O4S2. The predicted octanol–water partition coefficient (Wildman–Crippen LogP) is 3.67. The molecule has 0 aliphatic carbocycles. The number of esters is 1. The third-order valence-corrected chi connectivity index (χ3v) is 8.28. The van der Waals surface area contributed by atoms with E-state index in [1.807, 2.05) is 91.0 Å². The molecule has 1 atom stereocenters. The average molecular weight is 591 g/mol. The van der Waals surface area contributed by atoms with Crippen LogP contribution in [0.1, 0.15) is 16.7 Å². The molecule has 1 N–H and O–H groups in total. The number of hydrogen-bond donors (Lipinski definition) is 1. The zero-order valence-corrected chi connectivity index (χ0v) is 24.6. The fourth-order valence-electron chi connectivity index (χ4n) is 4.53. The van der Waals surface area contributed by atoms with Gasteiger partial charge < -0.3 is 19.9 Å². The number of rotatable bonds is 12. The third kappa shape index (κ3) is 9.14. The van der Waals surface area contributed by atoms with Crippen molar-refractivity contribution in [2.75, 3.05) is 32.7 Å². The molecule has 2 amide bonds. The van der Waals surface area contributed by atoms with Crippen LogP contribution in [-0.2, 0) is 38.6 Å². The fourth-order valence-corrected chi connectivity index (χ4v) is 5.66. The Balaban J connectivity index is 1.54. The van der Waals surface area contributed by atoms with Crippen LogP contribution >= 0.6 is 24.0 Å². The van der Waals surface area contributed by atoms with Crippen molar-refractivity contribution in [3.05, 3.63) is 108 Å². The number of methoxy groups -OCH3 is 1. The van der Waals surface area contributed by atoms with Crippen molar-refractivity contribution < 1.29 is 19.1 Å². The molecule has 1 heterocycles. The van der Waals surface area contributed by atoms with E-state index in [-0.39, 0.29) is 24.9 Å². The average Bonchev–Trinajstić information content (AvgIpc) is 3.01. The summed E-state index contributed by atoms with van der Waals surface area (Å²) in [7, 11) is 1.27. The van der Waals surface area contributed by atoms with Gasteiger partial charge in [0, 0.05) is 13.1 Å². The smallest absolute Gasteiger partial charge is 0.325 e. The van der Waals surface area contributed by atoms with Crippen LogP contribution < -0.4 is 5.32 Å². The van der Waals surface area contributed by atoms with E-state index in [0.29, 0.717) is 32.1 Å². The van der Waals surface area contributed by atoms with Crippen LogP contribution in [0, 0.1) is 0 Å².